The first-order valence-corrected chi connectivity index (χ1v) is 10.2. The van der Waals surface area contributed by atoms with Crippen LogP contribution in [0.2, 0.25) is 0 Å². The van der Waals surface area contributed by atoms with Gasteiger partial charge in [0.2, 0.25) is 17.6 Å². The van der Waals surface area contributed by atoms with Gasteiger partial charge in [-0.15, -0.1) is 0 Å². The summed E-state index contributed by atoms with van der Waals surface area (Å²) in [6.07, 6.45) is 4.06. The predicted molar refractivity (Wildman–Crippen MR) is 104 cm³/mol. The van der Waals surface area contributed by atoms with E-state index < -0.39 is 0 Å². The van der Waals surface area contributed by atoms with Gasteiger partial charge in [0, 0.05) is 24.6 Å². The minimum absolute atomic E-state index is 0.0863. The Balaban J connectivity index is 1.24. The van der Waals surface area contributed by atoms with E-state index in [1.807, 2.05) is 25.1 Å². The summed E-state index contributed by atoms with van der Waals surface area (Å²) >= 11 is 0. The second-order valence-electron chi connectivity index (χ2n) is 7.81. The van der Waals surface area contributed by atoms with Crippen LogP contribution in [0.3, 0.4) is 0 Å². The second kappa shape index (κ2) is 8.84. The van der Waals surface area contributed by atoms with E-state index in [0.717, 1.165) is 50.9 Å². The van der Waals surface area contributed by atoms with Crippen LogP contribution in [0.25, 0.3) is 11.4 Å². The largest absolute Gasteiger partial charge is 0.376 e. The van der Waals surface area contributed by atoms with Gasteiger partial charge in [-0.2, -0.15) is 4.98 Å². The monoisotopic (exact) mass is 384 g/mol. The number of rotatable bonds is 6. The number of hydrogen-bond acceptors (Lipinski definition) is 6. The third-order valence-electron chi connectivity index (χ3n) is 5.59. The molecule has 1 unspecified atom stereocenters. The number of aromatic nitrogens is 2. The minimum Gasteiger partial charge on any atom is -0.376 e. The molecule has 2 aromatic rings. The van der Waals surface area contributed by atoms with Gasteiger partial charge in [-0.05, 0) is 51.8 Å². The van der Waals surface area contributed by atoms with Crippen LogP contribution >= 0.6 is 0 Å². The number of piperidine rings is 1. The van der Waals surface area contributed by atoms with Crippen molar-refractivity contribution in [3.05, 3.63) is 35.7 Å². The van der Waals surface area contributed by atoms with E-state index in [1.54, 1.807) is 0 Å². The Hall–Kier alpha value is -2.25. The van der Waals surface area contributed by atoms with Crippen LogP contribution in [0.1, 0.15) is 37.1 Å². The molecule has 1 aromatic heterocycles. The van der Waals surface area contributed by atoms with Crippen molar-refractivity contribution < 1.29 is 14.1 Å². The molecular formula is C21H28N4O3. The molecule has 150 valence electrons. The SMILES string of the molecule is Cc1cccc(-c2noc(CN3CCC(C(=O)NCC4CCCO4)CC3)n2)c1. The maximum atomic E-state index is 12.4. The van der Waals surface area contributed by atoms with E-state index in [1.165, 1.54) is 5.56 Å². The topological polar surface area (TPSA) is 80.5 Å². The Morgan fingerprint density at radius 3 is 2.89 bits per heavy atom. The zero-order valence-corrected chi connectivity index (χ0v) is 16.4. The highest BCUT2D eigenvalue weighted by Gasteiger charge is 2.27. The summed E-state index contributed by atoms with van der Waals surface area (Å²) in [5, 5.41) is 7.17. The van der Waals surface area contributed by atoms with Gasteiger partial charge in [0.15, 0.2) is 0 Å². The first-order chi connectivity index (χ1) is 13.7. The van der Waals surface area contributed by atoms with Crippen LogP contribution in [0.5, 0.6) is 0 Å². The molecular weight excluding hydrogens is 356 g/mol. The number of carbonyl (C=O) groups excluding carboxylic acids is 1. The van der Waals surface area contributed by atoms with Gasteiger partial charge in [-0.1, -0.05) is 28.9 Å². The van der Waals surface area contributed by atoms with Crippen molar-refractivity contribution in [1.82, 2.24) is 20.4 Å². The molecule has 3 heterocycles. The number of likely N-dealkylation sites (tertiary alicyclic amines) is 1. The summed E-state index contributed by atoms with van der Waals surface area (Å²) in [5.41, 5.74) is 2.14. The molecule has 7 nitrogen and oxygen atoms in total. The fourth-order valence-electron chi connectivity index (χ4n) is 3.93. The van der Waals surface area contributed by atoms with E-state index in [-0.39, 0.29) is 17.9 Å². The molecule has 28 heavy (non-hydrogen) atoms. The summed E-state index contributed by atoms with van der Waals surface area (Å²) in [5.74, 6) is 1.50. The van der Waals surface area contributed by atoms with Gasteiger partial charge in [0.05, 0.1) is 12.6 Å². The lowest BCUT2D eigenvalue weighted by Gasteiger charge is -2.30. The average Bonchev–Trinajstić information content (AvgIpc) is 3.39. The summed E-state index contributed by atoms with van der Waals surface area (Å²) in [7, 11) is 0. The molecule has 2 aliphatic heterocycles. The maximum Gasteiger partial charge on any atom is 0.241 e. The number of ether oxygens (including phenoxy) is 1. The van der Waals surface area contributed by atoms with E-state index >= 15 is 0 Å². The van der Waals surface area contributed by atoms with Crippen molar-refractivity contribution >= 4 is 5.91 Å². The van der Waals surface area contributed by atoms with Crippen LogP contribution in [0.15, 0.2) is 28.8 Å². The number of carbonyl (C=O) groups is 1. The number of benzene rings is 1. The predicted octanol–water partition coefficient (Wildman–Crippen LogP) is 2.55. The van der Waals surface area contributed by atoms with Crippen LogP contribution in [0.4, 0.5) is 0 Å². The number of aryl methyl sites for hydroxylation is 1. The molecule has 1 aromatic carbocycles. The summed E-state index contributed by atoms with van der Waals surface area (Å²) in [4.78, 5) is 19.2. The highest BCUT2D eigenvalue weighted by Crippen LogP contribution is 2.21. The molecule has 2 fully saturated rings. The molecule has 1 atom stereocenters. The van der Waals surface area contributed by atoms with Crippen LogP contribution in [0, 0.1) is 12.8 Å². The van der Waals surface area contributed by atoms with Crippen molar-refractivity contribution in [2.24, 2.45) is 5.92 Å². The van der Waals surface area contributed by atoms with Crippen molar-refractivity contribution in [3.8, 4) is 11.4 Å². The van der Waals surface area contributed by atoms with Gasteiger partial charge in [0.25, 0.3) is 0 Å². The van der Waals surface area contributed by atoms with E-state index in [0.29, 0.717) is 24.8 Å². The minimum atomic E-state index is 0.0863. The third kappa shape index (κ3) is 4.77. The second-order valence-corrected chi connectivity index (χ2v) is 7.81. The lowest BCUT2D eigenvalue weighted by molar-refractivity contribution is -0.127. The normalized spacial score (nSPS) is 21.1. The smallest absolute Gasteiger partial charge is 0.241 e. The maximum absolute atomic E-state index is 12.4. The molecule has 7 heteroatoms. The van der Waals surface area contributed by atoms with Crippen molar-refractivity contribution in [1.29, 1.82) is 0 Å². The zero-order chi connectivity index (χ0) is 19.3. The van der Waals surface area contributed by atoms with Crippen LogP contribution in [-0.2, 0) is 16.1 Å². The summed E-state index contributed by atoms with van der Waals surface area (Å²) in [6, 6.07) is 8.08. The molecule has 1 N–H and O–H groups in total. The highest BCUT2D eigenvalue weighted by atomic mass is 16.5. The van der Waals surface area contributed by atoms with Gasteiger partial charge >= 0.3 is 0 Å². The molecule has 0 aliphatic carbocycles. The Morgan fingerprint density at radius 2 is 2.14 bits per heavy atom. The van der Waals surface area contributed by atoms with Gasteiger partial charge < -0.3 is 14.6 Å². The summed E-state index contributed by atoms with van der Waals surface area (Å²) in [6.45, 7) is 5.86. The van der Waals surface area contributed by atoms with E-state index in [4.69, 9.17) is 9.26 Å². The molecule has 2 saturated heterocycles. The molecule has 4 rings (SSSR count). The fourth-order valence-corrected chi connectivity index (χ4v) is 3.93. The summed E-state index contributed by atoms with van der Waals surface area (Å²) < 4.78 is 11.0. The van der Waals surface area contributed by atoms with Crippen molar-refractivity contribution in [2.75, 3.05) is 26.2 Å². The van der Waals surface area contributed by atoms with Gasteiger partial charge in [-0.3, -0.25) is 9.69 Å². The molecule has 0 radical (unpaired) electrons. The number of hydrogen-bond donors (Lipinski definition) is 1. The van der Waals surface area contributed by atoms with Gasteiger partial charge in [0.1, 0.15) is 0 Å². The first-order valence-electron chi connectivity index (χ1n) is 10.2. The lowest BCUT2D eigenvalue weighted by atomic mass is 9.96. The van der Waals surface area contributed by atoms with Crippen LogP contribution in [-0.4, -0.2) is 53.3 Å². The zero-order valence-electron chi connectivity index (χ0n) is 16.4. The molecule has 0 bridgehead atoms. The Labute approximate surface area is 165 Å². The fraction of sp³-hybridized carbons (Fsp3) is 0.571. The molecule has 2 aliphatic rings. The molecule has 0 spiro atoms. The number of amides is 1. The van der Waals surface area contributed by atoms with E-state index in [9.17, 15) is 4.79 Å². The van der Waals surface area contributed by atoms with Gasteiger partial charge in [-0.25, -0.2) is 0 Å². The Kier molecular flexibility index (Phi) is 6.02. The Bertz CT molecular complexity index is 792. The molecule has 1 amide bonds. The lowest BCUT2D eigenvalue weighted by Crippen LogP contribution is -2.42. The molecule has 0 saturated carbocycles. The highest BCUT2D eigenvalue weighted by molar-refractivity contribution is 5.78. The Morgan fingerprint density at radius 1 is 1.29 bits per heavy atom. The number of nitrogens with one attached hydrogen (secondary N) is 1. The standard InChI is InChI=1S/C21H28N4O3/c1-15-4-2-5-17(12-15)20-23-19(28-24-20)14-25-9-7-16(8-10-25)21(26)22-13-18-6-3-11-27-18/h2,4-5,12,16,18H,3,6-11,13-14H2,1H3,(H,22,26). The average molecular weight is 384 g/mol. The van der Waals surface area contributed by atoms with Crippen molar-refractivity contribution in [2.45, 2.75) is 45.3 Å². The quantitative estimate of drug-likeness (QED) is 0.824. The van der Waals surface area contributed by atoms with Crippen LogP contribution < -0.4 is 5.32 Å². The third-order valence-corrected chi connectivity index (χ3v) is 5.59. The van der Waals surface area contributed by atoms with Crippen molar-refractivity contribution in [3.63, 3.8) is 0 Å². The van der Waals surface area contributed by atoms with E-state index in [2.05, 4.69) is 26.4 Å². The first kappa shape index (κ1) is 19.1. The number of nitrogens with zero attached hydrogens (tertiary/aromatic N) is 3.